The molecule has 1 aliphatic carbocycles. The average Bonchev–Trinajstić information content (AvgIpc) is 3.93. The van der Waals surface area contributed by atoms with Gasteiger partial charge in [0, 0.05) is 48.3 Å². The van der Waals surface area contributed by atoms with Crippen molar-refractivity contribution in [1.82, 2.24) is 9.80 Å². The Morgan fingerprint density at radius 1 is 0.693 bits per heavy atom. The second-order valence-corrected chi connectivity index (χ2v) is 23.4. The summed E-state index contributed by atoms with van der Waals surface area (Å²) in [7, 11) is 4.45. The lowest BCUT2D eigenvalue weighted by Crippen LogP contribution is -2.56. The molecule has 2 amide bonds. The third-order valence-corrected chi connectivity index (χ3v) is 17.7. The molecule has 15 nitrogen and oxygen atoms in total. The number of ketones is 2. The molecule has 0 spiro atoms. The van der Waals surface area contributed by atoms with Gasteiger partial charge in [0.25, 0.3) is 0 Å². The van der Waals surface area contributed by atoms with Crippen LogP contribution in [0.15, 0.2) is 51.7 Å². The number of Topliss-reactive ketones (excluding diaryl/α,β-unsaturated/α-hetero) is 2. The molecule has 17 heteroatoms. The van der Waals surface area contributed by atoms with Crippen LogP contribution < -0.4 is 11.5 Å². The summed E-state index contributed by atoms with van der Waals surface area (Å²) in [4.78, 5) is 82.4. The highest BCUT2D eigenvalue weighted by molar-refractivity contribution is 8.76. The number of benzene rings is 1. The zero-order chi connectivity index (χ0) is 54.0. The maximum atomic E-state index is 13.6. The minimum atomic E-state index is -1.40. The summed E-state index contributed by atoms with van der Waals surface area (Å²) in [5, 5.41) is 0. The molecule has 5 atom stereocenters. The number of carbonyl (C=O) groups excluding carboxylic acids is 6. The zero-order valence-electron chi connectivity index (χ0n) is 45.8. The van der Waals surface area contributed by atoms with E-state index < -0.39 is 47.5 Å². The third-order valence-electron chi connectivity index (χ3n) is 15.3. The fraction of sp³-hybridized carbons (Fsp3) is 0.724. The minimum absolute atomic E-state index is 0.0158. The van der Waals surface area contributed by atoms with Gasteiger partial charge in [-0.05, 0) is 37.5 Å². The fourth-order valence-corrected chi connectivity index (χ4v) is 13.1. The number of amides is 2. The van der Waals surface area contributed by atoms with E-state index in [9.17, 15) is 28.8 Å². The van der Waals surface area contributed by atoms with Crippen LogP contribution >= 0.6 is 21.6 Å². The van der Waals surface area contributed by atoms with Crippen molar-refractivity contribution >= 4 is 57.3 Å². The van der Waals surface area contributed by atoms with Gasteiger partial charge >= 0.3 is 24.1 Å². The zero-order valence-corrected chi connectivity index (χ0v) is 47.4. The SMILES string of the molecule is CCCCCCCCCCCCCCCC(=O)OCC(CSSc1ccc(COC(=O)N2C3CN4C5=C(C(=O)C(N)=C(C)C5=O)C(COC(N)=O)C4(OC)C32)cc1)OC(=O)CCCCCCCCCCCCCCC. The molecule has 75 heavy (non-hydrogen) atoms. The number of carbonyl (C=O) groups is 6. The molecular weight excluding hydrogens is 993 g/mol. The number of piperazine rings is 1. The lowest BCUT2D eigenvalue weighted by atomic mass is 9.82. The van der Waals surface area contributed by atoms with Crippen molar-refractivity contribution in [3.63, 3.8) is 0 Å². The monoisotopic (exact) mass is 1080 g/mol. The fourth-order valence-electron chi connectivity index (χ4n) is 11.0. The number of esters is 2. The molecule has 5 rings (SSSR count). The van der Waals surface area contributed by atoms with E-state index in [-0.39, 0.29) is 66.9 Å². The highest BCUT2D eigenvalue weighted by Gasteiger charge is 2.78. The van der Waals surface area contributed by atoms with Gasteiger partial charge in [-0.25, -0.2) is 9.59 Å². The van der Waals surface area contributed by atoms with Gasteiger partial charge in [-0.3, -0.25) is 24.1 Å². The van der Waals surface area contributed by atoms with Gasteiger partial charge in [-0.2, -0.15) is 0 Å². The van der Waals surface area contributed by atoms with Crippen LogP contribution in [0.3, 0.4) is 0 Å². The van der Waals surface area contributed by atoms with E-state index in [1.54, 1.807) is 4.90 Å². The van der Waals surface area contributed by atoms with Gasteiger partial charge in [-0.15, -0.1) is 0 Å². The van der Waals surface area contributed by atoms with Crippen LogP contribution in [0.4, 0.5) is 9.59 Å². The number of hydrogen-bond acceptors (Lipinski definition) is 15. The van der Waals surface area contributed by atoms with E-state index in [1.165, 1.54) is 169 Å². The largest absolute Gasteiger partial charge is 0.462 e. The molecule has 3 aliphatic heterocycles. The van der Waals surface area contributed by atoms with Crippen LogP contribution in [0.25, 0.3) is 0 Å². The third kappa shape index (κ3) is 18.5. The molecule has 0 saturated carbocycles. The Balaban J connectivity index is 1.04. The molecule has 0 aromatic heterocycles. The number of ether oxygens (including phenoxy) is 5. The molecule has 2 saturated heterocycles. The maximum absolute atomic E-state index is 13.6. The van der Waals surface area contributed by atoms with Gasteiger partial charge in [-0.1, -0.05) is 202 Å². The second-order valence-electron chi connectivity index (χ2n) is 21.0. The van der Waals surface area contributed by atoms with Crippen LogP contribution in [0.2, 0.25) is 0 Å². The first kappa shape index (κ1) is 61.6. The van der Waals surface area contributed by atoms with E-state index in [2.05, 4.69) is 13.8 Å². The van der Waals surface area contributed by atoms with E-state index in [4.69, 9.17) is 35.2 Å². The highest BCUT2D eigenvalue weighted by atomic mass is 33.1. The summed E-state index contributed by atoms with van der Waals surface area (Å²) < 4.78 is 28.7. The first-order valence-electron chi connectivity index (χ1n) is 28.6. The van der Waals surface area contributed by atoms with Crippen molar-refractivity contribution in [3.8, 4) is 0 Å². The number of primary amides is 1. The molecule has 1 aromatic carbocycles. The molecule has 3 heterocycles. The van der Waals surface area contributed by atoms with E-state index in [0.717, 1.165) is 49.0 Å². The van der Waals surface area contributed by atoms with Crippen molar-refractivity contribution in [2.75, 3.05) is 32.6 Å². The number of rotatable bonds is 40. The lowest BCUT2D eigenvalue weighted by Gasteiger charge is -2.40. The van der Waals surface area contributed by atoms with Gasteiger partial charge in [0.15, 0.2) is 5.72 Å². The second kappa shape index (κ2) is 33.2. The number of nitrogens with zero attached hydrogens (tertiary/aromatic N) is 2. The van der Waals surface area contributed by atoms with Crippen molar-refractivity contribution < 1.29 is 52.5 Å². The minimum Gasteiger partial charge on any atom is -0.462 e. The molecular formula is C58H90N4O11S2. The summed E-state index contributed by atoms with van der Waals surface area (Å²) in [6.07, 6.45) is 30.5. The van der Waals surface area contributed by atoms with Gasteiger partial charge in [0.1, 0.15) is 32.0 Å². The normalized spacial score (nSPS) is 20.0. The maximum Gasteiger partial charge on any atom is 0.410 e. The molecule has 0 bridgehead atoms. The van der Waals surface area contributed by atoms with E-state index in [1.807, 2.05) is 24.3 Å². The Hall–Kier alpha value is -4.22. The predicted octanol–water partition coefficient (Wildman–Crippen LogP) is 12.6. The summed E-state index contributed by atoms with van der Waals surface area (Å²) in [5.74, 6) is -2.01. The number of allylic oxidation sites excluding steroid dienone is 2. The van der Waals surface area contributed by atoms with Crippen LogP contribution in [0, 0.1) is 5.92 Å². The topological polar surface area (TPSA) is 207 Å². The Kier molecular flexibility index (Phi) is 27.2. The average molecular weight is 1080 g/mol. The number of hydrogen-bond donors (Lipinski definition) is 2. The molecule has 2 fully saturated rings. The Morgan fingerprint density at radius 3 is 1.71 bits per heavy atom. The van der Waals surface area contributed by atoms with Gasteiger partial charge < -0.3 is 40.1 Å². The number of methoxy groups -OCH3 is 1. The molecule has 4 N–H and O–H groups in total. The number of nitrogens with two attached hydrogens (primary N) is 2. The van der Waals surface area contributed by atoms with Crippen molar-refractivity contribution in [2.45, 2.75) is 236 Å². The summed E-state index contributed by atoms with van der Waals surface area (Å²) in [6, 6.07) is 6.57. The van der Waals surface area contributed by atoms with Gasteiger partial charge in [0.2, 0.25) is 11.6 Å². The Bertz CT molecular complexity index is 2070. The molecule has 4 aliphatic rings. The van der Waals surface area contributed by atoms with Crippen molar-refractivity contribution in [2.24, 2.45) is 17.4 Å². The molecule has 5 unspecified atom stereocenters. The van der Waals surface area contributed by atoms with Crippen LogP contribution in [0.1, 0.15) is 206 Å². The number of fused-ring (bicyclic) bond motifs is 4. The first-order valence-corrected chi connectivity index (χ1v) is 30.9. The Morgan fingerprint density at radius 2 is 1.20 bits per heavy atom. The quantitative estimate of drug-likeness (QED) is 0.0156. The smallest absolute Gasteiger partial charge is 0.410 e. The van der Waals surface area contributed by atoms with Crippen molar-refractivity contribution in [3.05, 3.63) is 52.4 Å². The highest BCUT2D eigenvalue weighted by Crippen LogP contribution is 2.60. The molecule has 1 aromatic rings. The van der Waals surface area contributed by atoms with Crippen LogP contribution in [0.5, 0.6) is 0 Å². The standard InChI is InChI=1S/C58H90N4O11S2/c1-5-7-9-11-13-15-17-19-21-23-25-27-29-31-48(63)70-39-44(73-49(64)32-30-28-26-24-22-20-18-16-14-12-10-8-6-2)41-74-75-45-35-33-43(34-36-45)38-72-57(68)62-47-37-61-52-50(54(66)51(59)42(3)53(52)65)46(40-71-56(60)67)58(61,69-4)55(47)62/h33-36,44,46-47,55H,5-32,37-41,59H2,1-4H3,(H2,60,67). The molecule has 0 radical (unpaired) electrons. The Labute approximate surface area is 455 Å². The molecule has 420 valence electrons. The number of unbranched alkanes of at least 4 members (excludes halogenated alkanes) is 24. The van der Waals surface area contributed by atoms with Crippen LogP contribution in [-0.4, -0.2) is 102 Å². The predicted molar refractivity (Wildman–Crippen MR) is 295 cm³/mol. The lowest BCUT2D eigenvalue weighted by molar-refractivity contribution is -0.157. The van der Waals surface area contributed by atoms with E-state index >= 15 is 0 Å². The van der Waals surface area contributed by atoms with E-state index in [0.29, 0.717) is 18.6 Å². The summed E-state index contributed by atoms with van der Waals surface area (Å²) >= 11 is 0. The first-order chi connectivity index (χ1) is 36.4. The van der Waals surface area contributed by atoms with Gasteiger partial charge in [0.05, 0.1) is 23.4 Å². The van der Waals surface area contributed by atoms with Crippen LogP contribution in [-0.2, 0) is 49.5 Å². The van der Waals surface area contributed by atoms with Crippen molar-refractivity contribution in [1.29, 1.82) is 0 Å². The summed E-state index contributed by atoms with van der Waals surface area (Å²) in [5.41, 5.74) is 10.9. The summed E-state index contributed by atoms with van der Waals surface area (Å²) in [6.45, 7) is 5.83.